The molecule has 0 spiro atoms. The zero-order valence-electron chi connectivity index (χ0n) is 10.4. The topological polar surface area (TPSA) is 55.6 Å². The summed E-state index contributed by atoms with van der Waals surface area (Å²) in [5, 5.41) is 0. The third kappa shape index (κ3) is 2.52. The van der Waals surface area contributed by atoms with Crippen LogP contribution in [0.1, 0.15) is 15.9 Å². The van der Waals surface area contributed by atoms with E-state index in [-0.39, 0.29) is 17.5 Å². The Hall–Kier alpha value is -1.46. The van der Waals surface area contributed by atoms with Crippen molar-refractivity contribution in [3.8, 4) is 0 Å². The first-order chi connectivity index (χ1) is 8.63. The van der Waals surface area contributed by atoms with Crippen LogP contribution in [0.25, 0.3) is 0 Å². The SMILES string of the molecule is Cc1ccc(C(=O)N2CCOCC2CN)c(F)c1. The number of nitrogens with two attached hydrogens (primary N) is 1. The summed E-state index contributed by atoms with van der Waals surface area (Å²) in [6, 6.07) is 4.45. The van der Waals surface area contributed by atoms with Gasteiger partial charge in [-0.25, -0.2) is 4.39 Å². The van der Waals surface area contributed by atoms with E-state index in [0.29, 0.717) is 26.3 Å². The Morgan fingerprint density at radius 2 is 2.39 bits per heavy atom. The van der Waals surface area contributed by atoms with Gasteiger partial charge in [-0.2, -0.15) is 0 Å². The number of halogens is 1. The van der Waals surface area contributed by atoms with Gasteiger partial charge in [0.15, 0.2) is 0 Å². The highest BCUT2D eigenvalue weighted by atomic mass is 19.1. The molecule has 1 aliphatic heterocycles. The van der Waals surface area contributed by atoms with Crippen molar-refractivity contribution in [1.82, 2.24) is 4.90 Å². The molecule has 0 aliphatic carbocycles. The maximum absolute atomic E-state index is 13.8. The standard InChI is InChI=1S/C13H17FN2O2/c1-9-2-3-11(12(14)6-9)13(17)16-4-5-18-8-10(16)7-15/h2-3,6,10H,4-5,7-8,15H2,1H3. The quantitative estimate of drug-likeness (QED) is 0.852. The predicted octanol–water partition coefficient (Wildman–Crippen LogP) is 0.934. The molecule has 1 aromatic rings. The number of aryl methyl sites for hydroxylation is 1. The first-order valence-corrected chi connectivity index (χ1v) is 5.98. The van der Waals surface area contributed by atoms with Crippen LogP contribution in [-0.4, -0.2) is 43.2 Å². The molecule has 0 saturated carbocycles. The van der Waals surface area contributed by atoms with E-state index in [1.165, 1.54) is 12.1 Å². The molecule has 5 heteroatoms. The maximum Gasteiger partial charge on any atom is 0.257 e. The highest BCUT2D eigenvalue weighted by Crippen LogP contribution is 2.16. The van der Waals surface area contributed by atoms with Crippen LogP contribution in [0.5, 0.6) is 0 Å². The zero-order chi connectivity index (χ0) is 13.1. The molecule has 1 atom stereocenters. The minimum absolute atomic E-state index is 0.0981. The monoisotopic (exact) mass is 252 g/mol. The largest absolute Gasteiger partial charge is 0.377 e. The third-order valence-electron chi connectivity index (χ3n) is 3.12. The molecule has 1 amide bonds. The maximum atomic E-state index is 13.8. The first kappa shape index (κ1) is 13.0. The molecule has 1 fully saturated rings. The van der Waals surface area contributed by atoms with Crippen LogP contribution in [0.3, 0.4) is 0 Å². The lowest BCUT2D eigenvalue weighted by Crippen LogP contribution is -2.52. The molecule has 1 unspecified atom stereocenters. The number of ether oxygens (including phenoxy) is 1. The van der Waals surface area contributed by atoms with Gasteiger partial charge in [-0.3, -0.25) is 4.79 Å². The molecule has 0 radical (unpaired) electrons. The van der Waals surface area contributed by atoms with Crippen LogP contribution in [0.15, 0.2) is 18.2 Å². The normalized spacial score (nSPS) is 19.9. The Kier molecular flexibility index (Phi) is 3.93. The van der Waals surface area contributed by atoms with Crippen LogP contribution in [-0.2, 0) is 4.74 Å². The molecule has 2 N–H and O–H groups in total. The molecular formula is C13H17FN2O2. The highest BCUT2D eigenvalue weighted by Gasteiger charge is 2.28. The summed E-state index contributed by atoms with van der Waals surface area (Å²) >= 11 is 0. The Morgan fingerprint density at radius 1 is 1.61 bits per heavy atom. The molecule has 98 valence electrons. The Morgan fingerprint density at radius 3 is 3.06 bits per heavy atom. The predicted molar refractivity (Wildman–Crippen MR) is 65.8 cm³/mol. The third-order valence-corrected chi connectivity index (χ3v) is 3.12. The fraction of sp³-hybridized carbons (Fsp3) is 0.462. The second kappa shape index (κ2) is 5.46. The van der Waals surface area contributed by atoms with Crippen molar-refractivity contribution in [2.45, 2.75) is 13.0 Å². The van der Waals surface area contributed by atoms with Crippen molar-refractivity contribution >= 4 is 5.91 Å². The van der Waals surface area contributed by atoms with Crippen LogP contribution in [0.4, 0.5) is 4.39 Å². The van der Waals surface area contributed by atoms with Gasteiger partial charge in [0.05, 0.1) is 24.8 Å². The summed E-state index contributed by atoms with van der Waals surface area (Å²) in [4.78, 5) is 13.9. The number of hydrogen-bond acceptors (Lipinski definition) is 3. The van der Waals surface area contributed by atoms with Crippen molar-refractivity contribution in [2.75, 3.05) is 26.3 Å². The Balaban J connectivity index is 2.24. The van der Waals surface area contributed by atoms with Crippen molar-refractivity contribution in [3.05, 3.63) is 35.1 Å². The summed E-state index contributed by atoms with van der Waals surface area (Å²) in [5.74, 6) is -0.798. The van der Waals surface area contributed by atoms with Crippen molar-refractivity contribution in [3.63, 3.8) is 0 Å². The average molecular weight is 252 g/mol. The van der Waals surface area contributed by atoms with Gasteiger partial charge in [0.25, 0.3) is 5.91 Å². The molecule has 18 heavy (non-hydrogen) atoms. The summed E-state index contributed by atoms with van der Waals surface area (Å²) in [5.41, 5.74) is 6.50. The van der Waals surface area contributed by atoms with E-state index in [2.05, 4.69) is 0 Å². The minimum atomic E-state index is -0.484. The molecule has 4 nitrogen and oxygen atoms in total. The smallest absolute Gasteiger partial charge is 0.257 e. The average Bonchev–Trinajstić information content (AvgIpc) is 2.38. The molecule has 1 saturated heterocycles. The summed E-state index contributed by atoms with van der Waals surface area (Å²) in [6.45, 7) is 3.44. The van der Waals surface area contributed by atoms with E-state index >= 15 is 0 Å². The van der Waals surface area contributed by atoms with E-state index in [4.69, 9.17) is 10.5 Å². The van der Waals surface area contributed by atoms with Gasteiger partial charge in [-0.15, -0.1) is 0 Å². The minimum Gasteiger partial charge on any atom is -0.377 e. The highest BCUT2D eigenvalue weighted by molar-refractivity contribution is 5.94. The van der Waals surface area contributed by atoms with Crippen molar-refractivity contribution in [2.24, 2.45) is 5.73 Å². The molecule has 1 heterocycles. The van der Waals surface area contributed by atoms with E-state index in [1.54, 1.807) is 17.9 Å². The zero-order valence-corrected chi connectivity index (χ0v) is 10.4. The van der Waals surface area contributed by atoms with Crippen molar-refractivity contribution in [1.29, 1.82) is 0 Å². The van der Waals surface area contributed by atoms with E-state index in [9.17, 15) is 9.18 Å². The lowest BCUT2D eigenvalue weighted by Gasteiger charge is -2.35. The van der Waals surface area contributed by atoms with Gasteiger partial charge in [-0.1, -0.05) is 6.07 Å². The second-order valence-corrected chi connectivity index (χ2v) is 4.45. The lowest BCUT2D eigenvalue weighted by molar-refractivity contribution is 0.000600. The second-order valence-electron chi connectivity index (χ2n) is 4.45. The number of carbonyl (C=O) groups excluding carboxylic acids is 1. The Bertz CT molecular complexity index is 451. The van der Waals surface area contributed by atoms with Crippen molar-refractivity contribution < 1.29 is 13.9 Å². The van der Waals surface area contributed by atoms with Crippen LogP contribution in [0, 0.1) is 12.7 Å². The molecular weight excluding hydrogens is 235 g/mol. The number of hydrogen-bond donors (Lipinski definition) is 1. The van der Waals surface area contributed by atoms with E-state index < -0.39 is 5.82 Å². The number of benzene rings is 1. The number of carbonyl (C=O) groups is 1. The number of rotatable bonds is 2. The fourth-order valence-electron chi connectivity index (χ4n) is 2.07. The Labute approximate surface area is 106 Å². The van der Waals surface area contributed by atoms with Gasteiger partial charge in [0, 0.05) is 13.1 Å². The summed E-state index contributed by atoms with van der Waals surface area (Å²) in [7, 11) is 0. The molecule has 1 aliphatic rings. The van der Waals surface area contributed by atoms with Crippen LogP contribution >= 0.6 is 0 Å². The number of nitrogens with zero attached hydrogens (tertiary/aromatic N) is 1. The number of amides is 1. The van der Waals surface area contributed by atoms with Gasteiger partial charge in [0.1, 0.15) is 5.82 Å². The van der Waals surface area contributed by atoms with E-state index in [1.807, 2.05) is 0 Å². The number of morpholine rings is 1. The van der Waals surface area contributed by atoms with Gasteiger partial charge >= 0.3 is 0 Å². The fourth-order valence-corrected chi connectivity index (χ4v) is 2.07. The van der Waals surface area contributed by atoms with Gasteiger partial charge < -0.3 is 15.4 Å². The molecule has 1 aromatic carbocycles. The first-order valence-electron chi connectivity index (χ1n) is 5.98. The van der Waals surface area contributed by atoms with Crippen LogP contribution < -0.4 is 5.73 Å². The molecule has 0 aromatic heterocycles. The lowest BCUT2D eigenvalue weighted by atomic mass is 10.1. The molecule has 0 bridgehead atoms. The van der Waals surface area contributed by atoms with Gasteiger partial charge in [-0.05, 0) is 24.6 Å². The van der Waals surface area contributed by atoms with Gasteiger partial charge in [0.2, 0.25) is 0 Å². The summed E-state index contributed by atoms with van der Waals surface area (Å²) in [6.07, 6.45) is 0. The van der Waals surface area contributed by atoms with Crippen LogP contribution in [0.2, 0.25) is 0 Å². The molecule has 2 rings (SSSR count). The van der Waals surface area contributed by atoms with E-state index in [0.717, 1.165) is 5.56 Å². The summed E-state index contributed by atoms with van der Waals surface area (Å²) < 4.78 is 19.0.